The van der Waals surface area contributed by atoms with Gasteiger partial charge in [0.15, 0.2) is 0 Å². The lowest BCUT2D eigenvalue weighted by Gasteiger charge is -2.05. The lowest BCUT2D eigenvalue weighted by atomic mass is 10.1. The Balaban J connectivity index is 3.00. The van der Waals surface area contributed by atoms with Gasteiger partial charge in [-0.25, -0.2) is 0 Å². The van der Waals surface area contributed by atoms with Crippen LogP contribution >= 0.6 is 15.9 Å². The zero-order chi connectivity index (χ0) is 9.42. The van der Waals surface area contributed by atoms with Crippen LogP contribution in [0, 0.1) is 6.92 Å². The molecule has 2 heteroatoms. The Hall–Kier alpha value is -1.02. The van der Waals surface area contributed by atoms with Gasteiger partial charge in [-0.1, -0.05) is 34.1 Å². The lowest BCUT2D eigenvalue weighted by Crippen LogP contribution is -1.80. The van der Waals surface area contributed by atoms with E-state index in [4.69, 9.17) is 0 Å². The van der Waals surface area contributed by atoms with Crippen LogP contribution < -0.4 is 0 Å². The number of aromatic hydroxyl groups is 1. The van der Waals surface area contributed by atoms with Crippen LogP contribution in [0.25, 0.3) is 10.8 Å². The van der Waals surface area contributed by atoms with Gasteiger partial charge >= 0.3 is 0 Å². The SMILES string of the molecule is Cc1cccc2c(Br)ccc(O)c12. The van der Waals surface area contributed by atoms with Crippen LogP contribution in [0.2, 0.25) is 0 Å². The van der Waals surface area contributed by atoms with Gasteiger partial charge in [0, 0.05) is 9.86 Å². The molecule has 0 atom stereocenters. The van der Waals surface area contributed by atoms with Gasteiger partial charge in [-0.3, -0.25) is 0 Å². The third-order valence-corrected chi connectivity index (χ3v) is 2.87. The summed E-state index contributed by atoms with van der Waals surface area (Å²) < 4.78 is 1.02. The minimum Gasteiger partial charge on any atom is -0.507 e. The van der Waals surface area contributed by atoms with Gasteiger partial charge in [0.25, 0.3) is 0 Å². The molecule has 0 amide bonds. The van der Waals surface area contributed by atoms with Gasteiger partial charge in [0.05, 0.1) is 0 Å². The Morgan fingerprint density at radius 2 is 1.92 bits per heavy atom. The third kappa shape index (κ3) is 1.31. The van der Waals surface area contributed by atoms with Gasteiger partial charge in [-0.05, 0) is 30.0 Å². The highest BCUT2D eigenvalue weighted by molar-refractivity contribution is 9.10. The summed E-state index contributed by atoms with van der Waals surface area (Å²) in [6.07, 6.45) is 0. The monoisotopic (exact) mass is 236 g/mol. The second-order valence-corrected chi connectivity index (χ2v) is 3.92. The van der Waals surface area contributed by atoms with Crippen molar-refractivity contribution >= 4 is 26.7 Å². The molecular formula is C11H9BrO. The van der Waals surface area contributed by atoms with Crippen molar-refractivity contribution in [3.8, 4) is 5.75 Å². The van der Waals surface area contributed by atoms with Crippen LogP contribution in [0.15, 0.2) is 34.8 Å². The Kier molecular flexibility index (Phi) is 2.00. The fourth-order valence-corrected chi connectivity index (χ4v) is 1.99. The molecule has 0 unspecified atom stereocenters. The largest absolute Gasteiger partial charge is 0.507 e. The van der Waals surface area contributed by atoms with Crippen LogP contribution in [0.4, 0.5) is 0 Å². The number of fused-ring (bicyclic) bond motifs is 1. The second-order valence-electron chi connectivity index (χ2n) is 3.06. The highest BCUT2D eigenvalue weighted by atomic mass is 79.9. The standard InChI is InChI=1S/C11H9BrO/c1-7-3-2-4-8-9(12)5-6-10(13)11(7)8/h2-6,13H,1H3. The average molecular weight is 237 g/mol. The van der Waals surface area contributed by atoms with Crippen molar-refractivity contribution in [1.29, 1.82) is 0 Å². The second kappa shape index (κ2) is 3.04. The Bertz CT molecular complexity index is 455. The van der Waals surface area contributed by atoms with E-state index in [0.717, 1.165) is 20.8 Å². The molecule has 2 aromatic rings. The lowest BCUT2D eigenvalue weighted by molar-refractivity contribution is 0.481. The number of halogens is 1. The first-order valence-corrected chi connectivity index (χ1v) is 4.86. The number of aryl methyl sites for hydroxylation is 1. The van der Waals surface area contributed by atoms with E-state index in [0.29, 0.717) is 5.75 Å². The number of hydrogen-bond acceptors (Lipinski definition) is 1. The number of rotatable bonds is 0. The van der Waals surface area contributed by atoms with Crippen molar-refractivity contribution in [1.82, 2.24) is 0 Å². The molecule has 0 fully saturated rings. The van der Waals surface area contributed by atoms with Gasteiger partial charge in [-0.15, -0.1) is 0 Å². The Morgan fingerprint density at radius 3 is 2.62 bits per heavy atom. The summed E-state index contributed by atoms with van der Waals surface area (Å²) in [5.74, 6) is 0.344. The molecule has 0 saturated carbocycles. The highest BCUT2D eigenvalue weighted by Crippen LogP contribution is 2.32. The Labute approximate surface area is 85.1 Å². The highest BCUT2D eigenvalue weighted by Gasteiger charge is 2.04. The minimum atomic E-state index is 0.344. The fraction of sp³-hybridized carbons (Fsp3) is 0.0909. The van der Waals surface area contributed by atoms with Gasteiger partial charge in [0.1, 0.15) is 5.75 Å². The van der Waals surface area contributed by atoms with Gasteiger partial charge in [-0.2, -0.15) is 0 Å². The topological polar surface area (TPSA) is 20.2 Å². The van der Waals surface area contributed by atoms with Crippen LogP contribution in [0.1, 0.15) is 5.56 Å². The van der Waals surface area contributed by atoms with Crippen molar-refractivity contribution in [2.24, 2.45) is 0 Å². The molecule has 0 aliphatic rings. The molecule has 0 bridgehead atoms. The molecule has 0 spiro atoms. The van der Waals surface area contributed by atoms with E-state index in [1.165, 1.54) is 0 Å². The predicted octanol–water partition coefficient (Wildman–Crippen LogP) is 3.62. The summed E-state index contributed by atoms with van der Waals surface area (Å²) in [5.41, 5.74) is 1.09. The van der Waals surface area contributed by atoms with Crippen molar-refractivity contribution in [2.45, 2.75) is 6.92 Å². The van der Waals surface area contributed by atoms with E-state index >= 15 is 0 Å². The number of benzene rings is 2. The molecule has 0 heterocycles. The van der Waals surface area contributed by atoms with E-state index < -0.39 is 0 Å². The molecule has 0 saturated heterocycles. The molecule has 1 N–H and O–H groups in total. The summed E-state index contributed by atoms with van der Waals surface area (Å²) in [6.45, 7) is 1.99. The zero-order valence-electron chi connectivity index (χ0n) is 7.21. The normalized spacial score (nSPS) is 10.6. The fourth-order valence-electron chi connectivity index (χ4n) is 1.53. The van der Waals surface area contributed by atoms with Crippen LogP contribution in [-0.4, -0.2) is 5.11 Å². The number of phenols is 1. The molecule has 13 heavy (non-hydrogen) atoms. The molecule has 2 rings (SSSR count). The van der Waals surface area contributed by atoms with E-state index in [2.05, 4.69) is 15.9 Å². The third-order valence-electron chi connectivity index (χ3n) is 2.17. The first-order valence-electron chi connectivity index (χ1n) is 4.07. The smallest absolute Gasteiger partial charge is 0.123 e. The van der Waals surface area contributed by atoms with Crippen molar-refractivity contribution in [2.75, 3.05) is 0 Å². The summed E-state index contributed by atoms with van der Waals surface area (Å²) in [4.78, 5) is 0. The summed E-state index contributed by atoms with van der Waals surface area (Å²) in [5, 5.41) is 11.6. The number of hydrogen-bond donors (Lipinski definition) is 1. The van der Waals surface area contributed by atoms with Gasteiger partial charge < -0.3 is 5.11 Å². The van der Waals surface area contributed by atoms with Crippen molar-refractivity contribution < 1.29 is 5.11 Å². The summed E-state index contributed by atoms with van der Waals surface area (Å²) in [6, 6.07) is 9.54. The van der Waals surface area contributed by atoms with Gasteiger partial charge in [0.2, 0.25) is 0 Å². The molecule has 0 aliphatic heterocycles. The molecular weight excluding hydrogens is 228 g/mol. The minimum absolute atomic E-state index is 0.344. The summed E-state index contributed by atoms with van der Waals surface area (Å²) in [7, 11) is 0. The molecule has 66 valence electrons. The van der Waals surface area contributed by atoms with E-state index in [1.807, 2.05) is 31.2 Å². The van der Waals surface area contributed by atoms with Crippen molar-refractivity contribution in [3.05, 3.63) is 40.4 Å². The van der Waals surface area contributed by atoms with Crippen LogP contribution in [-0.2, 0) is 0 Å². The predicted molar refractivity (Wildman–Crippen MR) is 58.0 cm³/mol. The maximum atomic E-state index is 9.66. The quantitative estimate of drug-likeness (QED) is 0.741. The van der Waals surface area contributed by atoms with Crippen LogP contribution in [0.3, 0.4) is 0 Å². The maximum absolute atomic E-state index is 9.66. The first-order chi connectivity index (χ1) is 6.20. The number of phenolic OH excluding ortho intramolecular Hbond substituents is 1. The molecule has 0 aromatic heterocycles. The first kappa shape index (κ1) is 8.57. The molecule has 2 aromatic carbocycles. The molecule has 0 aliphatic carbocycles. The maximum Gasteiger partial charge on any atom is 0.123 e. The zero-order valence-corrected chi connectivity index (χ0v) is 8.80. The molecule has 1 nitrogen and oxygen atoms in total. The Morgan fingerprint density at radius 1 is 1.15 bits per heavy atom. The van der Waals surface area contributed by atoms with E-state index in [9.17, 15) is 5.11 Å². The molecule has 0 radical (unpaired) electrons. The summed E-state index contributed by atoms with van der Waals surface area (Å²) >= 11 is 3.45. The van der Waals surface area contributed by atoms with E-state index in [-0.39, 0.29) is 0 Å². The van der Waals surface area contributed by atoms with Crippen molar-refractivity contribution in [3.63, 3.8) is 0 Å². The van der Waals surface area contributed by atoms with Crippen LogP contribution in [0.5, 0.6) is 5.75 Å². The van der Waals surface area contributed by atoms with E-state index in [1.54, 1.807) is 6.07 Å². The average Bonchev–Trinajstić information content (AvgIpc) is 2.12.